The lowest BCUT2D eigenvalue weighted by Gasteiger charge is -2.13. The fraction of sp³-hybridized carbons (Fsp3) is 0.250. The third-order valence-electron chi connectivity index (χ3n) is 2.74. The number of nitrogen functional groups attached to an aromatic ring is 1. The first-order valence-electron chi connectivity index (χ1n) is 5.11. The van der Waals surface area contributed by atoms with Crippen LogP contribution in [0.25, 0.3) is 11.3 Å². The van der Waals surface area contributed by atoms with Crippen molar-refractivity contribution in [3.05, 3.63) is 27.7 Å². The molecule has 0 radical (unpaired) electrons. The zero-order chi connectivity index (χ0) is 12.6. The van der Waals surface area contributed by atoms with E-state index in [2.05, 4.69) is 21.1 Å². The molecule has 5 heteroatoms. The lowest BCUT2D eigenvalue weighted by molar-refractivity contribution is 0.411. The number of benzene rings is 1. The summed E-state index contributed by atoms with van der Waals surface area (Å²) in [4.78, 5) is 0. The molecule has 0 aliphatic heterocycles. The molecule has 1 aromatic carbocycles. The predicted molar refractivity (Wildman–Crippen MR) is 70.1 cm³/mol. The summed E-state index contributed by atoms with van der Waals surface area (Å²) in [6.45, 7) is 4.05. The predicted octanol–water partition coefficient (Wildman–Crippen LogP) is 3.31. The average Bonchev–Trinajstić information content (AvgIpc) is 2.69. The van der Waals surface area contributed by atoms with E-state index in [0.29, 0.717) is 11.6 Å². The third kappa shape index (κ3) is 2.02. The van der Waals surface area contributed by atoms with Crippen molar-refractivity contribution in [3.8, 4) is 17.0 Å². The molecule has 0 atom stereocenters. The molecule has 0 saturated carbocycles. The summed E-state index contributed by atoms with van der Waals surface area (Å²) in [5.41, 5.74) is 9.38. The van der Waals surface area contributed by atoms with E-state index >= 15 is 0 Å². The van der Waals surface area contributed by atoms with Crippen LogP contribution in [0.4, 0.5) is 5.88 Å². The van der Waals surface area contributed by atoms with E-state index in [1.165, 1.54) is 0 Å². The number of ether oxygens (including phenoxy) is 1. The first kappa shape index (κ1) is 12.0. The number of methoxy groups -OCH3 is 1. The molecule has 0 saturated heterocycles. The highest BCUT2D eigenvalue weighted by Crippen LogP contribution is 2.40. The van der Waals surface area contributed by atoms with Crippen molar-refractivity contribution in [1.29, 1.82) is 0 Å². The Balaban J connectivity index is 2.74. The molecule has 2 rings (SSSR count). The molecule has 17 heavy (non-hydrogen) atoms. The second-order valence-electron chi connectivity index (χ2n) is 3.82. The van der Waals surface area contributed by atoms with E-state index in [1.54, 1.807) is 13.2 Å². The minimum Gasteiger partial charge on any atom is -0.495 e. The smallest absolute Gasteiger partial charge is 0.222 e. The molecule has 1 aromatic heterocycles. The van der Waals surface area contributed by atoms with Crippen molar-refractivity contribution in [2.24, 2.45) is 0 Å². The molecule has 4 nitrogen and oxygen atoms in total. The number of nitrogens with zero attached hydrogens (tertiary/aromatic N) is 1. The van der Waals surface area contributed by atoms with Gasteiger partial charge in [-0.1, -0.05) is 5.16 Å². The highest BCUT2D eigenvalue weighted by atomic mass is 79.9. The molecule has 90 valence electrons. The molecule has 0 aliphatic carbocycles. The van der Waals surface area contributed by atoms with Gasteiger partial charge in [-0.3, -0.25) is 0 Å². The quantitative estimate of drug-likeness (QED) is 0.923. The molecule has 1 heterocycles. The van der Waals surface area contributed by atoms with Gasteiger partial charge in [0.15, 0.2) is 0 Å². The molecular formula is C12H13BrN2O2. The fourth-order valence-corrected chi connectivity index (χ4v) is 2.47. The van der Waals surface area contributed by atoms with Gasteiger partial charge in [0.05, 0.1) is 17.1 Å². The lowest BCUT2D eigenvalue weighted by Crippen LogP contribution is -1.95. The molecule has 0 amide bonds. The summed E-state index contributed by atoms with van der Waals surface area (Å²) < 4.78 is 11.2. The maximum absolute atomic E-state index is 5.55. The van der Waals surface area contributed by atoms with Gasteiger partial charge in [-0.15, -0.1) is 0 Å². The molecule has 0 bridgehead atoms. The van der Waals surface area contributed by atoms with E-state index in [1.807, 2.05) is 19.9 Å². The summed E-state index contributed by atoms with van der Waals surface area (Å²) >= 11 is 3.48. The van der Waals surface area contributed by atoms with Crippen LogP contribution in [0.3, 0.4) is 0 Å². The first-order chi connectivity index (χ1) is 8.04. The van der Waals surface area contributed by atoms with Gasteiger partial charge in [0.25, 0.3) is 0 Å². The van der Waals surface area contributed by atoms with E-state index in [-0.39, 0.29) is 0 Å². The van der Waals surface area contributed by atoms with Crippen molar-refractivity contribution in [3.63, 3.8) is 0 Å². The Morgan fingerprint density at radius 2 is 2.06 bits per heavy atom. The number of hydrogen-bond donors (Lipinski definition) is 1. The molecule has 2 aromatic rings. The molecular weight excluding hydrogens is 284 g/mol. The molecule has 2 N–H and O–H groups in total. The molecule has 0 aliphatic rings. The Morgan fingerprint density at radius 1 is 1.35 bits per heavy atom. The number of halogens is 1. The van der Waals surface area contributed by atoms with E-state index in [9.17, 15) is 0 Å². The number of aryl methyl sites for hydroxylation is 1. The van der Waals surface area contributed by atoms with Gasteiger partial charge in [0, 0.05) is 6.07 Å². The maximum Gasteiger partial charge on any atom is 0.222 e. The summed E-state index contributed by atoms with van der Waals surface area (Å²) in [7, 11) is 1.63. The Bertz CT molecular complexity index is 564. The van der Waals surface area contributed by atoms with Crippen LogP contribution in [-0.2, 0) is 0 Å². The molecule has 0 spiro atoms. The topological polar surface area (TPSA) is 61.3 Å². The van der Waals surface area contributed by atoms with Crippen LogP contribution >= 0.6 is 15.9 Å². The van der Waals surface area contributed by atoms with Gasteiger partial charge < -0.3 is 15.0 Å². The number of anilines is 1. The zero-order valence-electron chi connectivity index (χ0n) is 9.87. The van der Waals surface area contributed by atoms with Crippen molar-refractivity contribution in [2.45, 2.75) is 13.8 Å². The van der Waals surface area contributed by atoms with E-state index in [4.69, 9.17) is 15.0 Å². The number of aromatic nitrogens is 1. The Hall–Kier alpha value is -1.49. The minimum absolute atomic E-state index is 0.291. The van der Waals surface area contributed by atoms with Crippen molar-refractivity contribution < 1.29 is 9.26 Å². The summed E-state index contributed by atoms with van der Waals surface area (Å²) in [5.74, 6) is 1.03. The third-order valence-corrected chi connectivity index (χ3v) is 3.33. The lowest BCUT2D eigenvalue weighted by atomic mass is 10.00. The van der Waals surface area contributed by atoms with Crippen LogP contribution in [-0.4, -0.2) is 12.3 Å². The number of rotatable bonds is 2. The van der Waals surface area contributed by atoms with Crippen molar-refractivity contribution in [1.82, 2.24) is 5.16 Å². The van der Waals surface area contributed by atoms with Gasteiger partial charge in [-0.2, -0.15) is 0 Å². The largest absolute Gasteiger partial charge is 0.495 e. The van der Waals surface area contributed by atoms with Crippen LogP contribution in [0.1, 0.15) is 11.1 Å². The monoisotopic (exact) mass is 296 g/mol. The van der Waals surface area contributed by atoms with Crippen LogP contribution in [0.5, 0.6) is 5.75 Å². The normalized spacial score (nSPS) is 10.6. The van der Waals surface area contributed by atoms with Crippen LogP contribution in [0.2, 0.25) is 0 Å². The Morgan fingerprint density at radius 3 is 2.59 bits per heavy atom. The number of hydrogen-bond acceptors (Lipinski definition) is 4. The maximum atomic E-state index is 5.55. The highest BCUT2D eigenvalue weighted by molar-refractivity contribution is 9.10. The van der Waals surface area contributed by atoms with Gasteiger partial charge in [0.1, 0.15) is 11.4 Å². The summed E-state index contributed by atoms with van der Waals surface area (Å²) in [6, 6.07) is 3.71. The second kappa shape index (κ2) is 4.41. The van der Waals surface area contributed by atoms with Crippen LogP contribution in [0, 0.1) is 13.8 Å². The van der Waals surface area contributed by atoms with E-state index in [0.717, 1.165) is 26.9 Å². The molecule has 0 unspecified atom stereocenters. The van der Waals surface area contributed by atoms with Gasteiger partial charge in [0.2, 0.25) is 5.88 Å². The minimum atomic E-state index is 0.291. The van der Waals surface area contributed by atoms with Gasteiger partial charge >= 0.3 is 0 Å². The summed E-state index contributed by atoms with van der Waals surface area (Å²) in [5, 5.41) is 3.94. The van der Waals surface area contributed by atoms with Crippen molar-refractivity contribution in [2.75, 3.05) is 12.8 Å². The van der Waals surface area contributed by atoms with Crippen LogP contribution < -0.4 is 10.5 Å². The van der Waals surface area contributed by atoms with Crippen molar-refractivity contribution >= 4 is 21.8 Å². The average molecular weight is 297 g/mol. The highest BCUT2D eigenvalue weighted by Gasteiger charge is 2.17. The zero-order valence-corrected chi connectivity index (χ0v) is 11.5. The first-order valence-corrected chi connectivity index (χ1v) is 5.90. The Kier molecular flexibility index (Phi) is 3.11. The van der Waals surface area contributed by atoms with Gasteiger partial charge in [-0.25, -0.2) is 0 Å². The molecule has 0 fully saturated rings. The Labute approximate surface area is 108 Å². The SMILES string of the molecule is COc1c(Br)cc(C)c(C)c1-c1cc(N)on1. The standard InChI is InChI=1S/C12H13BrN2O2/c1-6-4-8(13)12(16-3)11(7(6)2)9-5-10(14)17-15-9/h4-5H,14H2,1-3H3. The summed E-state index contributed by atoms with van der Waals surface area (Å²) in [6.07, 6.45) is 0. The van der Waals surface area contributed by atoms with E-state index < -0.39 is 0 Å². The number of nitrogens with two attached hydrogens (primary N) is 1. The van der Waals surface area contributed by atoms with Gasteiger partial charge in [-0.05, 0) is 47.0 Å². The fourth-order valence-electron chi connectivity index (χ4n) is 1.77. The second-order valence-corrected chi connectivity index (χ2v) is 4.68. The van der Waals surface area contributed by atoms with Crippen LogP contribution in [0.15, 0.2) is 21.1 Å².